The van der Waals surface area contributed by atoms with Gasteiger partial charge in [0.05, 0.1) is 12.1 Å². The molecule has 0 radical (unpaired) electrons. The number of hydrogen-bond donors (Lipinski definition) is 0. The van der Waals surface area contributed by atoms with Gasteiger partial charge in [-0.3, -0.25) is 9.80 Å². The molecular formula is C20H38N6. The summed E-state index contributed by atoms with van der Waals surface area (Å²) in [5.74, 6) is 0. The van der Waals surface area contributed by atoms with Crippen molar-refractivity contribution in [1.29, 1.82) is 10.5 Å². The summed E-state index contributed by atoms with van der Waals surface area (Å²) in [5.41, 5.74) is 0. The predicted molar refractivity (Wildman–Crippen MR) is 107 cm³/mol. The molecule has 0 aromatic rings. The first-order chi connectivity index (χ1) is 12.5. The Morgan fingerprint density at radius 2 is 1.08 bits per heavy atom. The van der Waals surface area contributed by atoms with Crippen LogP contribution in [0.2, 0.25) is 0 Å². The molecule has 1 aliphatic heterocycles. The third-order valence-corrected chi connectivity index (χ3v) is 5.66. The van der Waals surface area contributed by atoms with Crippen molar-refractivity contribution in [3.8, 4) is 12.1 Å². The monoisotopic (exact) mass is 362 g/mol. The van der Waals surface area contributed by atoms with E-state index in [0.29, 0.717) is 24.9 Å². The SMILES string of the molecule is C[C@@H]1CCN(C)CCN(CCC#N)[C@@H](C)CCN(C)CCN1CCC#N. The van der Waals surface area contributed by atoms with E-state index in [1.807, 2.05) is 0 Å². The van der Waals surface area contributed by atoms with E-state index in [2.05, 4.69) is 59.7 Å². The molecule has 0 amide bonds. The van der Waals surface area contributed by atoms with Crippen LogP contribution in [0.15, 0.2) is 0 Å². The Bertz CT molecular complexity index is 412. The average Bonchev–Trinajstić information content (AvgIpc) is 2.63. The Labute approximate surface area is 160 Å². The molecule has 0 unspecified atom stereocenters. The van der Waals surface area contributed by atoms with Crippen molar-refractivity contribution in [1.82, 2.24) is 19.6 Å². The lowest BCUT2D eigenvalue weighted by atomic mass is 10.1. The van der Waals surface area contributed by atoms with Crippen molar-refractivity contribution in [2.45, 2.75) is 51.6 Å². The first kappa shape index (κ1) is 22.9. The molecule has 0 bridgehead atoms. The van der Waals surface area contributed by atoms with Crippen LogP contribution in [0.4, 0.5) is 0 Å². The molecule has 0 N–H and O–H groups in total. The zero-order chi connectivity index (χ0) is 19.4. The Kier molecular flexibility index (Phi) is 11.5. The van der Waals surface area contributed by atoms with Crippen LogP contribution in [0.25, 0.3) is 0 Å². The Morgan fingerprint density at radius 1 is 0.692 bits per heavy atom. The molecule has 0 saturated carbocycles. The Hall–Kier alpha value is -1.18. The van der Waals surface area contributed by atoms with E-state index in [9.17, 15) is 0 Å². The van der Waals surface area contributed by atoms with Crippen molar-refractivity contribution in [2.24, 2.45) is 0 Å². The molecule has 1 aliphatic rings. The minimum atomic E-state index is 0.496. The van der Waals surface area contributed by atoms with Crippen molar-refractivity contribution in [2.75, 3.05) is 66.5 Å². The second-order valence-electron chi connectivity index (χ2n) is 7.77. The largest absolute Gasteiger partial charge is 0.305 e. The van der Waals surface area contributed by atoms with Crippen LogP contribution in [0.1, 0.15) is 39.5 Å². The minimum absolute atomic E-state index is 0.496. The maximum Gasteiger partial charge on any atom is 0.0635 e. The van der Waals surface area contributed by atoms with Crippen LogP contribution in [0.5, 0.6) is 0 Å². The van der Waals surface area contributed by atoms with Gasteiger partial charge in [0.2, 0.25) is 0 Å². The van der Waals surface area contributed by atoms with Crippen molar-refractivity contribution in [3.63, 3.8) is 0 Å². The van der Waals surface area contributed by atoms with Crippen LogP contribution < -0.4 is 0 Å². The molecule has 1 fully saturated rings. The van der Waals surface area contributed by atoms with E-state index in [1.165, 1.54) is 0 Å². The summed E-state index contributed by atoms with van der Waals surface area (Å²) in [6, 6.07) is 5.58. The molecule has 0 aromatic heterocycles. The molecule has 148 valence electrons. The number of rotatable bonds is 4. The van der Waals surface area contributed by atoms with E-state index in [1.54, 1.807) is 0 Å². The topological polar surface area (TPSA) is 60.5 Å². The van der Waals surface area contributed by atoms with Crippen LogP contribution in [-0.2, 0) is 0 Å². The van der Waals surface area contributed by atoms with Crippen molar-refractivity contribution >= 4 is 0 Å². The van der Waals surface area contributed by atoms with Crippen molar-refractivity contribution < 1.29 is 0 Å². The summed E-state index contributed by atoms with van der Waals surface area (Å²) in [5, 5.41) is 17.9. The van der Waals surface area contributed by atoms with Gasteiger partial charge in [0, 0.05) is 64.2 Å². The lowest BCUT2D eigenvalue weighted by molar-refractivity contribution is 0.132. The number of hydrogen-bond acceptors (Lipinski definition) is 6. The molecule has 0 aliphatic carbocycles. The van der Waals surface area contributed by atoms with E-state index in [0.717, 1.165) is 65.2 Å². The zero-order valence-electron chi connectivity index (χ0n) is 17.3. The highest BCUT2D eigenvalue weighted by atomic mass is 15.2. The highest BCUT2D eigenvalue weighted by molar-refractivity contribution is 4.79. The molecule has 0 spiro atoms. The van der Waals surface area contributed by atoms with Gasteiger partial charge in [-0.05, 0) is 53.9 Å². The maximum atomic E-state index is 8.95. The molecule has 1 heterocycles. The highest BCUT2D eigenvalue weighted by Crippen LogP contribution is 2.10. The number of likely N-dealkylation sites (N-methyl/N-ethyl adjacent to an activating group) is 2. The van der Waals surface area contributed by atoms with Crippen LogP contribution in [0.3, 0.4) is 0 Å². The predicted octanol–water partition coefficient (Wildman–Crippen LogP) is 1.85. The minimum Gasteiger partial charge on any atom is -0.305 e. The maximum absolute atomic E-state index is 8.95. The quantitative estimate of drug-likeness (QED) is 0.761. The summed E-state index contributed by atoms with van der Waals surface area (Å²) in [7, 11) is 4.39. The molecule has 0 aromatic carbocycles. The Balaban J connectivity index is 2.72. The molecule has 26 heavy (non-hydrogen) atoms. The van der Waals surface area contributed by atoms with Gasteiger partial charge in [0.25, 0.3) is 0 Å². The van der Waals surface area contributed by atoms with E-state index >= 15 is 0 Å². The van der Waals surface area contributed by atoms with E-state index < -0.39 is 0 Å². The normalized spacial score (nSPS) is 26.7. The summed E-state index contributed by atoms with van der Waals surface area (Å²) in [6.07, 6.45) is 3.46. The third-order valence-electron chi connectivity index (χ3n) is 5.66. The third kappa shape index (κ3) is 8.96. The van der Waals surface area contributed by atoms with Crippen LogP contribution in [0, 0.1) is 22.7 Å². The fraction of sp³-hybridized carbons (Fsp3) is 0.900. The second kappa shape index (κ2) is 13.1. The fourth-order valence-electron chi connectivity index (χ4n) is 3.49. The first-order valence-corrected chi connectivity index (χ1v) is 10.1. The van der Waals surface area contributed by atoms with Gasteiger partial charge in [0.15, 0.2) is 0 Å². The lowest BCUT2D eigenvalue weighted by Crippen LogP contribution is -2.44. The van der Waals surface area contributed by atoms with E-state index in [4.69, 9.17) is 10.5 Å². The van der Waals surface area contributed by atoms with Gasteiger partial charge in [0.1, 0.15) is 0 Å². The number of nitrogens with zero attached hydrogens (tertiary/aromatic N) is 6. The van der Waals surface area contributed by atoms with Crippen molar-refractivity contribution in [3.05, 3.63) is 0 Å². The summed E-state index contributed by atoms with van der Waals surface area (Å²) >= 11 is 0. The second-order valence-corrected chi connectivity index (χ2v) is 7.77. The Morgan fingerprint density at radius 3 is 1.42 bits per heavy atom. The summed E-state index contributed by atoms with van der Waals surface area (Å²) in [6.45, 7) is 12.6. The smallest absolute Gasteiger partial charge is 0.0635 e. The fourth-order valence-corrected chi connectivity index (χ4v) is 3.49. The highest BCUT2D eigenvalue weighted by Gasteiger charge is 2.18. The molecular weight excluding hydrogens is 324 g/mol. The van der Waals surface area contributed by atoms with Gasteiger partial charge in [-0.1, -0.05) is 0 Å². The van der Waals surface area contributed by atoms with Gasteiger partial charge < -0.3 is 9.80 Å². The standard InChI is InChI=1S/C20H38N6/c1-19-7-13-23(3)16-18-26(12-6-10-22)20(2)8-14-24(4)15-17-25(19)11-5-9-21/h19-20H,5-8,11-18H2,1-4H3/t19-,20+. The number of nitriles is 2. The summed E-state index contributed by atoms with van der Waals surface area (Å²) < 4.78 is 0. The van der Waals surface area contributed by atoms with Gasteiger partial charge in [-0.25, -0.2) is 0 Å². The molecule has 6 heteroatoms. The molecule has 6 nitrogen and oxygen atoms in total. The molecule has 1 saturated heterocycles. The van der Waals surface area contributed by atoms with Gasteiger partial charge >= 0.3 is 0 Å². The molecule has 2 atom stereocenters. The van der Waals surface area contributed by atoms with Crippen LogP contribution >= 0.6 is 0 Å². The first-order valence-electron chi connectivity index (χ1n) is 10.1. The molecule has 1 rings (SSSR count). The van der Waals surface area contributed by atoms with Gasteiger partial charge in [-0.2, -0.15) is 10.5 Å². The average molecular weight is 363 g/mol. The van der Waals surface area contributed by atoms with Crippen LogP contribution in [-0.4, -0.2) is 98.1 Å². The summed E-state index contributed by atoms with van der Waals surface area (Å²) in [4.78, 5) is 9.76. The van der Waals surface area contributed by atoms with Gasteiger partial charge in [-0.15, -0.1) is 0 Å². The van der Waals surface area contributed by atoms with E-state index in [-0.39, 0.29) is 0 Å². The lowest BCUT2D eigenvalue weighted by Gasteiger charge is -2.35. The zero-order valence-corrected chi connectivity index (χ0v) is 17.3.